The number of para-hydroxylation sites is 1. The van der Waals surface area contributed by atoms with Gasteiger partial charge in [-0.2, -0.15) is 0 Å². The van der Waals surface area contributed by atoms with Crippen LogP contribution in [-0.2, 0) is 4.79 Å². The van der Waals surface area contributed by atoms with Crippen LogP contribution in [0.5, 0.6) is 11.5 Å². The Kier molecular flexibility index (Phi) is 6.29. The number of fused-ring (bicyclic) bond motifs is 1. The van der Waals surface area contributed by atoms with Gasteiger partial charge in [0.1, 0.15) is 16.9 Å². The lowest BCUT2D eigenvalue weighted by Gasteiger charge is -2.25. The molecule has 0 aliphatic carbocycles. The molecule has 144 valence electrons. The molecule has 0 saturated carbocycles. The molecule has 0 saturated heterocycles. The minimum atomic E-state index is -0.168. The third-order valence-electron chi connectivity index (χ3n) is 4.43. The van der Waals surface area contributed by atoms with E-state index in [1.54, 1.807) is 25.8 Å². The summed E-state index contributed by atoms with van der Waals surface area (Å²) in [6.45, 7) is 3.20. The summed E-state index contributed by atoms with van der Waals surface area (Å²) in [6, 6.07) is 13.8. The number of carbonyl (C=O) groups is 1. The number of methoxy groups -OCH3 is 1. The molecule has 27 heavy (non-hydrogen) atoms. The van der Waals surface area contributed by atoms with Gasteiger partial charge in [0.2, 0.25) is 5.91 Å². The molecule has 3 rings (SSSR count). The van der Waals surface area contributed by atoms with E-state index in [0.717, 1.165) is 40.6 Å². The van der Waals surface area contributed by atoms with Crippen LogP contribution in [0.2, 0.25) is 0 Å². The van der Waals surface area contributed by atoms with Crippen molar-refractivity contribution in [3.05, 3.63) is 48.0 Å². The number of nitrogens with zero attached hydrogens (tertiary/aromatic N) is 2. The van der Waals surface area contributed by atoms with Crippen LogP contribution < -0.4 is 14.4 Å². The summed E-state index contributed by atoms with van der Waals surface area (Å²) < 4.78 is 11.5. The minimum Gasteiger partial charge on any atom is -0.497 e. The molecule has 1 heterocycles. The molecule has 1 aliphatic rings. The predicted molar refractivity (Wildman–Crippen MR) is 110 cm³/mol. The second-order valence-corrected chi connectivity index (χ2v) is 7.86. The van der Waals surface area contributed by atoms with Gasteiger partial charge in [0.15, 0.2) is 0 Å². The Labute approximate surface area is 165 Å². The first kappa shape index (κ1) is 19.6. The molecular formula is C21H26N2O3S. The van der Waals surface area contributed by atoms with Crippen molar-refractivity contribution in [1.29, 1.82) is 0 Å². The summed E-state index contributed by atoms with van der Waals surface area (Å²) in [6.07, 6.45) is 0.937. The Morgan fingerprint density at radius 2 is 2.00 bits per heavy atom. The summed E-state index contributed by atoms with van der Waals surface area (Å²) in [5.41, 5.74) is 1.90. The number of rotatable bonds is 7. The van der Waals surface area contributed by atoms with Crippen molar-refractivity contribution in [2.24, 2.45) is 0 Å². The van der Waals surface area contributed by atoms with Crippen LogP contribution in [0.4, 0.5) is 5.69 Å². The number of anilines is 1. The van der Waals surface area contributed by atoms with Gasteiger partial charge in [-0.05, 0) is 50.8 Å². The van der Waals surface area contributed by atoms with Gasteiger partial charge < -0.3 is 14.4 Å². The van der Waals surface area contributed by atoms with Gasteiger partial charge in [0.05, 0.1) is 19.4 Å². The largest absolute Gasteiger partial charge is 0.497 e. The lowest BCUT2D eigenvalue weighted by atomic mass is 10.1. The van der Waals surface area contributed by atoms with Crippen LogP contribution in [0.25, 0.3) is 0 Å². The Bertz CT molecular complexity index is 810. The first-order chi connectivity index (χ1) is 13.0. The topological polar surface area (TPSA) is 42.0 Å². The number of carbonyl (C=O) groups excluding carboxylic acids is 1. The minimum absolute atomic E-state index is 0.0128. The lowest BCUT2D eigenvalue weighted by molar-refractivity contribution is -0.116. The highest BCUT2D eigenvalue weighted by Crippen LogP contribution is 2.53. The van der Waals surface area contributed by atoms with E-state index < -0.39 is 0 Å². The molecule has 0 spiro atoms. The number of ether oxygens (including phenoxy) is 2. The maximum atomic E-state index is 12.4. The van der Waals surface area contributed by atoms with Crippen LogP contribution in [0, 0.1) is 0 Å². The first-order valence-electron chi connectivity index (χ1n) is 9.02. The van der Waals surface area contributed by atoms with Gasteiger partial charge in [-0.15, -0.1) is 0 Å². The second kappa shape index (κ2) is 8.67. The standard InChI is InChI=1S/C21H26N2O3S/c1-15(24)23-18-8-5-6-9-20(18)27-21(23)17-14-16(25-4)10-11-19(17)26-13-7-12-22(2)3/h5-6,8-11,14,21H,7,12-13H2,1-4H3. The van der Waals surface area contributed by atoms with Crippen molar-refractivity contribution < 1.29 is 14.3 Å². The fourth-order valence-corrected chi connectivity index (χ4v) is 4.50. The fourth-order valence-electron chi connectivity index (χ4n) is 3.13. The van der Waals surface area contributed by atoms with Crippen LogP contribution in [-0.4, -0.2) is 45.2 Å². The number of hydrogen-bond acceptors (Lipinski definition) is 5. The van der Waals surface area contributed by atoms with E-state index in [2.05, 4.69) is 19.0 Å². The summed E-state index contributed by atoms with van der Waals surface area (Å²) in [5.74, 6) is 1.57. The molecule has 0 N–H and O–H groups in total. The Morgan fingerprint density at radius 3 is 2.70 bits per heavy atom. The molecule has 1 aliphatic heterocycles. The highest BCUT2D eigenvalue weighted by atomic mass is 32.2. The van der Waals surface area contributed by atoms with Crippen molar-refractivity contribution in [1.82, 2.24) is 4.90 Å². The zero-order valence-corrected chi connectivity index (χ0v) is 17.1. The van der Waals surface area contributed by atoms with E-state index in [-0.39, 0.29) is 11.3 Å². The maximum absolute atomic E-state index is 12.4. The van der Waals surface area contributed by atoms with Crippen LogP contribution in [0.1, 0.15) is 24.3 Å². The van der Waals surface area contributed by atoms with Crippen molar-refractivity contribution in [2.45, 2.75) is 23.6 Å². The van der Waals surface area contributed by atoms with E-state index in [4.69, 9.17) is 9.47 Å². The molecule has 5 nitrogen and oxygen atoms in total. The fraction of sp³-hybridized carbons (Fsp3) is 0.381. The Hall–Kier alpha value is -2.18. The quantitative estimate of drug-likeness (QED) is 0.668. The molecule has 0 aromatic heterocycles. The number of hydrogen-bond donors (Lipinski definition) is 0. The van der Waals surface area contributed by atoms with Crippen LogP contribution in [0.15, 0.2) is 47.4 Å². The summed E-state index contributed by atoms with van der Waals surface area (Å²) in [5, 5.41) is -0.168. The summed E-state index contributed by atoms with van der Waals surface area (Å²) in [7, 11) is 5.75. The third kappa shape index (κ3) is 4.39. The lowest BCUT2D eigenvalue weighted by Crippen LogP contribution is -2.28. The first-order valence-corrected chi connectivity index (χ1v) is 9.90. The SMILES string of the molecule is COc1ccc(OCCCN(C)C)c(C2Sc3ccccc3N2C(C)=O)c1. The highest BCUT2D eigenvalue weighted by Gasteiger charge is 2.35. The molecule has 0 bridgehead atoms. The van der Waals surface area contributed by atoms with Gasteiger partial charge in [-0.1, -0.05) is 23.9 Å². The van der Waals surface area contributed by atoms with E-state index >= 15 is 0 Å². The van der Waals surface area contributed by atoms with E-state index in [1.807, 2.05) is 47.4 Å². The Balaban J connectivity index is 1.91. The van der Waals surface area contributed by atoms with Gasteiger partial charge >= 0.3 is 0 Å². The third-order valence-corrected chi connectivity index (χ3v) is 5.71. The average molecular weight is 387 g/mol. The average Bonchev–Trinajstić information content (AvgIpc) is 3.04. The maximum Gasteiger partial charge on any atom is 0.225 e. The molecule has 0 fully saturated rings. The predicted octanol–water partition coefficient (Wildman–Crippen LogP) is 4.18. The van der Waals surface area contributed by atoms with Crippen molar-refractivity contribution in [2.75, 3.05) is 39.3 Å². The van der Waals surface area contributed by atoms with Gasteiger partial charge in [-0.3, -0.25) is 9.69 Å². The van der Waals surface area contributed by atoms with Gasteiger partial charge in [0, 0.05) is 23.9 Å². The summed E-state index contributed by atoms with van der Waals surface area (Å²) in [4.78, 5) is 17.5. The zero-order chi connectivity index (χ0) is 19.4. The van der Waals surface area contributed by atoms with Gasteiger partial charge in [0.25, 0.3) is 0 Å². The van der Waals surface area contributed by atoms with Crippen molar-refractivity contribution in [3.63, 3.8) is 0 Å². The molecular weight excluding hydrogens is 360 g/mol. The molecule has 0 radical (unpaired) electrons. The highest BCUT2D eigenvalue weighted by molar-refractivity contribution is 8.00. The van der Waals surface area contributed by atoms with E-state index in [9.17, 15) is 4.79 Å². The Morgan fingerprint density at radius 1 is 1.22 bits per heavy atom. The molecule has 1 unspecified atom stereocenters. The number of thioether (sulfide) groups is 1. The molecule has 2 aromatic carbocycles. The smallest absolute Gasteiger partial charge is 0.225 e. The zero-order valence-electron chi connectivity index (χ0n) is 16.3. The summed E-state index contributed by atoms with van der Waals surface area (Å²) >= 11 is 1.66. The van der Waals surface area contributed by atoms with Crippen LogP contribution in [0.3, 0.4) is 0 Å². The number of benzene rings is 2. The van der Waals surface area contributed by atoms with Gasteiger partial charge in [-0.25, -0.2) is 0 Å². The van der Waals surface area contributed by atoms with E-state index in [0.29, 0.717) is 6.61 Å². The molecule has 2 aromatic rings. The second-order valence-electron chi connectivity index (χ2n) is 6.74. The molecule has 6 heteroatoms. The number of amides is 1. The van der Waals surface area contributed by atoms with Crippen molar-refractivity contribution in [3.8, 4) is 11.5 Å². The normalized spacial score (nSPS) is 15.7. The van der Waals surface area contributed by atoms with Crippen molar-refractivity contribution >= 4 is 23.4 Å². The monoisotopic (exact) mass is 386 g/mol. The van der Waals surface area contributed by atoms with E-state index in [1.165, 1.54) is 0 Å². The molecule has 1 atom stereocenters. The molecule has 1 amide bonds. The van der Waals surface area contributed by atoms with Crippen LogP contribution >= 0.6 is 11.8 Å².